The van der Waals surface area contributed by atoms with E-state index in [0.29, 0.717) is 11.3 Å². The van der Waals surface area contributed by atoms with Gasteiger partial charge in [-0.3, -0.25) is 0 Å². The molecule has 3 N–H and O–H groups in total. The van der Waals surface area contributed by atoms with Crippen LogP contribution in [0.3, 0.4) is 0 Å². The molecule has 0 amide bonds. The first-order chi connectivity index (χ1) is 9.29. The van der Waals surface area contributed by atoms with Gasteiger partial charge in [-0.15, -0.1) is 0 Å². The van der Waals surface area contributed by atoms with E-state index in [0.717, 1.165) is 31.2 Å². The molecule has 4 nitrogen and oxygen atoms in total. The maximum absolute atomic E-state index is 12.5. The van der Waals surface area contributed by atoms with E-state index in [9.17, 15) is 8.42 Å². The van der Waals surface area contributed by atoms with Crippen molar-refractivity contribution < 1.29 is 8.42 Å². The normalized spacial score (nSPS) is 13.4. The van der Waals surface area contributed by atoms with E-state index < -0.39 is 10.0 Å². The minimum Gasteiger partial charge on any atom is -0.397 e. The number of rotatable bonds is 7. The fourth-order valence-electron chi connectivity index (χ4n) is 2.25. The highest BCUT2D eigenvalue weighted by molar-refractivity contribution is 7.89. The summed E-state index contributed by atoms with van der Waals surface area (Å²) in [5.41, 5.74) is 7.76. The van der Waals surface area contributed by atoms with Gasteiger partial charge in [0.15, 0.2) is 0 Å². The molecule has 0 bridgehead atoms. The van der Waals surface area contributed by atoms with E-state index in [-0.39, 0.29) is 10.9 Å². The van der Waals surface area contributed by atoms with Gasteiger partial charge in [-0.25, -0.2) is 13.1 Å². The summed E-state index contributed by atoms with van der Waals surface area (Å²) in [6, 6.07) is 3.56. The second-order valence-electron chi connectivity index (χ2n) is 5.46. The number of nitrogens with two attached hydrogens (primary N) is 1. The molecule has 0 aliphatic rings. The second kappa shape index (κ2) is 7.09. The third-order valence-electron chi connectivity index (χ3n) is 3.48. The van der Waals surface area contributed by atoms with Gasteiger partial charge in [0.2, 0.25) is 10.0 Å². The molecule has 0 aromatic heterocycles. The van der Waals surface area contributed by atoms with Gasteiger partial charge in [0.05, 0.1) is 5.69 Å². The van der Waals surface area contributed by atoms with Crippen LogP contribution in [-0.2, 0) is 10.0 Å². The Hall–Kier alpha value is -1.07. The Balaban J connectivity index is 2.92. The average Bonchev–Trinajstić information content (AvgIpc) is 2.33. The van der Waals surface area contributed by atoms with Crippen LogP contribution in [0.25, 0.3) is 0 Å². The third-order valence-corrected chi connectivity index (χ3v) is 5.27. The Morgan fingerprint density at radius 3 is 2.40 bits per heavy atom. The van der Waals surface area contributed by atoms with Gasteiger partial charge in [-0.05, 0) is 38.3 Å². The highest BCUT2D eigenvalue weighted by Gasteiger charge is 2.22. The maximum Gasteiger partial charge on any atom is 0.243 e. The molecule has 0 heterocycles. The minimum atomic E-state index is -3.56. The lowest BCUT2D eigenvalue weighted by atomic mass is 10.1. The summed E-state index contributed by atoms with van der Waals surface area (Å²) in [6.45, 7) is 7.62. The molecule has 0 aliphatic heterocycles. The van der Waals surface area contributed by atoms with Gasteiger partial charge < -0.3 is 5.73 Å². The smallest absolute Gasteiger partial charge is 0.243 e. The molecule has 1 unspecified atom stereocenters. The first kappa shape index (κ1) is 17.0. The number of anilines is 1. The molecule has 0 spiro atoms. The summed E-state index contributed by atoms with van der Waals surface area (Å²) in [5.74, 6) is 0. The Labute approximate surface area is 122 Å². The fourth-order valence-corrected chi connectivity index (χ4v) is 3.95. The zero-order valence-corrected chi connectivity index (χ0v) is 13.7. The number of hydrogen-bond donors (Lipinski definition) is 2. The van der Waals surface area contributed by atoms with Crippen molar-refractivity contribution in [3.63, 3.8) is 0 Å². The van der Waals surface area contributed by atoms with Crippen LogP contribution in [0.15, 0.2) is 17.0 Å². The molecular weight excluding hydrogens is 272 g/mol. The molecule has 0 fully saturated rings. The summed E-state index contributed by atoms with van der Waals surface area (Å²) in [4.78, 5) is 0.222. The van der Waals surface area contributed by atoms with Gasteiger partial charge in [0.1, 0.15) is 4.90 Å². The lowest BCUT2D eigenvalue weighted by Crippen LogP contribution is -2.33. The molecule has 0 aliphatic carbocycles. The van der Waals surface area contributed by atoms with Crippen molar-refractivity contribution in [3.8, 4) is 0 Å². The quantitative estimate of drug-likeness (QED) is 0.600. The Morgan fingerprint density at radius 1 is 1.20 bits per heavy atom. The highest BCUT2D eigenvalue weighted by Crippen LogP contribution is 2.26. The van der Waals surface area contributed by atoms with Crippen molar-refractivity contribution in [3.05, 3.63) is 23.3 Å². The standard InChI is InChI=1S/C15H26N2O2S/c1-5-6-7-8-13(4)17-20(18,19)15-12(3)10-9-11(2)14(15)16/h9-10,13,17H,5-8,16H2,1-4H3. The van der Waals surface area contributed by atoms with E-state index in [1.54, 1.807) is 13.0 Å². The number of sulfonamides is 1. The van der Waals surface area contributed by atoms with Crippen LogP contribution in [0.4, 0.5) is 5.69 Å². The molecule has 0 saturated heterocycles. The SMILES string of the molecule is CCCCCC(C)NS(=O)(=O)c1c(C)ccc(C)c1N. The second-order valence-corrected chi connectivity index (χ2v) is 7.11. The van der Waals surface area contributed by atoms with Gasteiger partial charge in [0, 0.05) is 6.04 Å². The zero-order valence-electron chi connectivity index (χ0n) is 12.9. The average molecular weight is 298 g/mol. The van der Waals surface area contributed by atoms with Crippen molar-refractivity contribution in [2.45, 2.75) is 64.3 Å². The van der Waals surface area contributed by atoms with E-state index >= 15 is 0 Å². The molecule has 114 valence electrons. The van der Waals surface area contributed by atoms with Crippen LogP contribution in [-0.4, -0.2) is 14.5 Å². The number of unbranched alkanes of at least 4 members (excludes halogenated alkanes) is 2. The number of hydrogen-bond acceptors (Lipinski definition) is 3. The van der Waals surface area contributed by atoms with Gasteiger partial charge in [0.25, 0.3) is 0 Å². The number of nitrogens with one attached hydrogen (secondary N) is 1. The van der Waals surface area contributed by atoms with E-state index in [1.165, 1.54) is 0 Å². The number of benzene rings is 1. The monoisotopic (exact) mass is 298 g/mol. The predicted octanol–water partition coefficient (Wildman–Crippen LogP) is 3.13. The van der Waals surface area contributed by atoms with Gasteiger partial charge in [-0.1, -0.05) is 38.3 Å². The summed E-state index contributed by atoms with van der Waals surface area (Å²) >= 11 is 0. The lowest BCUT2D eigenvalue weighted by Gasteiger charge is -2.17. The minimum absolute atomic E-state index is 0.0779. The van der Waals surface area contributed by atoms with E-state index in [1.807, 2.05) is 19.9 Å². The summed E-state index contributed by atoms with van der Waals surface area (Å²) in [6.07, 6.45) is 4.13. The maximum atomic E-state index is 12.5. The molecule has 1 aromatic carbocycles. The molecule has 1 aromatic rings. The highest BCUT2D eigenvalue weighted by atomic mass is 32.2. The van der Waals surface area contributed by atoms with Crippen LogP contribution >= 0.6 is 0 Å². The summed E-state index contributed by atoms with van der Waals surface area (Å²) in [5, 5.41) is 0. The molecule has 1 atom stereocenters. The predicted molar refractivity (Wildman–Crippen MR) is 84.3 cm³/mol. The van der Waals surface area contributed by atoms with Gasteiger partial charge in [-0.2, -0.15) is 0 Å². The molecule has 1 rings (SSSR count). The van der Waals surface area contributed by atoms with Crippen molar-refractivity contribution in [2.24, 2.45) is 0 Å². The van der Waals surface area contributed by atoms with Crippen molar-refractivity contribution in [1.29, 1.82) is 0 Å². The van der Waals surface area contributed by atoms with Crippen LogP contribution in [0.5, 0.6) is 0 Å². The zero-order chi connectivity index (χ0) is 15.3. The summed E-state index contributed by atoms with van der Waals surface area (Å²) < 4.78 is 27.7. The molecular formula is C15H26N2O2S. The Kier molecular flexibility index (Phi) is 6.02. The van der Waals surface area contributed by atoms with Crippen molar-refractivity contribution in [2.75, 3.05) is 5.73 Å². The lowest BCUT2D eigenvalue weighted by molar-refractivity contribution is 0.527. The molecule has 20 heavy (non-hydrogen) atoms. The van der Waals surface area contributed by atoms with Crippen LogP contribution < -0.4 is 10.5 Å². The molecule has 0 saturated carbocycles. The molecule has 0 radical (unpaired) electrons. The number of aryl methyl sites for hydroxylation is 2. The number of nitrogen functional groups attached to an aromatic ring is 1. The molecule has 5 heteroatoms. The Bertz CT molecular complexity index is 553. The topological polar surface area (TPSA) is 72.2 Å². The first-order valence-corrected chi connectivity index (χ1v) is 8.66. The largest absolute Gasteiger partial charge is 0.397 e. The fraction of sp³-hybridized carbons (Fsp3) is 0.600. The van der Waals surface area contributed by atoms with E-state index in [4.69, 9.17) is 5.73 Å². The van der Waals surface area contributed by atoms with E-state index in [2.05, 4.69) is 11.6 Å². The van der Waals surface area contributed by atoms with Gasteiger partial charge >= 0.3 is 0 Å². The van der Waals surface area contributed by atoms with Crippen molar-refractivity contribution >= 4 is 15.7 Å². The Morgan fingerprint density at radius 2 is 1.80 bits per heavy atom. The van der Waals surface area contributed by atoms with Crippen molar-refractivity contribution in [1.82, 2.24) is 4.72 Å². The first-order valence-electron chi connectivity index (χ1n) is 7.17. The van der Waals surface area contributed by atoms with Crippen LogP contribution in [0.1, 0.15) is 50.7 Å². The summed E-state index contributed by atoms with van der Waals surface area (Å²) in [7, 11) is -3.56. The van der Waals surface area contributed by atoms with Crippen LogP contribution in [0.2, 0.25) is 0 Å². The third kappa shape index (κ3) is 4.21. The van der Waals surface area contributed by atoms with Crippen LogP contribution in [0, 0.1) is 13.8 Å².